The average molecular weight is 361 g/mol. The molecule has 0 radical (unpaired) electrons. The first-order chi connectivity index (χ1) is 12.3. The molecule has 146 valence electrons. The lowest BCUT2D eigenvalue weighted by atomic mass is 9.44. The van der Waals surface area contributed by atoms with E-state index in [0.717, 1.165) is 31.1 Å². The lowest BCUT2D eigenvalue weighted by Gasteiger charge is -2.59. The van der Waals surface area contributed by atoms with Gasteiger partial charge in [0.25, 0.3) is 0 Å². The molecule has 3 heteroatoms. The molecule has 4 rings (SSSR count). The molecule has 0 aliphatic heterocycles. The summed E-state index contributed by atoms with van der Waals surface area (Å²) in [7, 11) is 0. The Labute approximate surface area is 158 Å². The van der Waals surface area contributed by atoms with Crippen LogP contribution in [0.15, 0.2) is 0 Å². The number of aliphatic carboxylic acids is 1. The Morgan fingerprint density at radius 1 is 1.15 bits per heavy atom. The summed E-state index contributed by atoms with van der Waals surface area (Å²) in [5.74, 6) is 2.97. The van der Waals surface area contributed by atoms with E-state index in [9.17, 15) is 14.7 Å². The van der Waals surface area contributed by atoms with Gasteiger partial charge in [-0.05, 0) is 85.9 Å². The molecule has 1 unspecified atom stereocenters. The Bertz CT molecular complexity index is 598. The summed E-state index contributed by atoms with van der Waals surface area (Å²) >= 11 is 0. The summed E-state index contributed by atoms with van der Waals surface area (Å²) in [6.45, 7) is 7.27. The van der Waals surface area contributed by atoms with Crippen LogP contribution in [-0.4, -0.2) is 16.9 Å². The van der Waals surface area contributed by atoms with Gasteiger partial charge in [0.05, 0.1) is 5.41 Å². The minimum Gasteiger partial charge on any atom is -0.481 e. The predicted octanol–water partition coefficient (Wildman–Crippen LogP) is 5.33. The minimum atomic E-state index is -0.605. The number of hydrogen-bond donors (Lipinski definition) is 1. The summed E-state index contributed by atoms with van der Waals surface area (Å²) < 4.78 is 0. The Balaban J connectivity index is 1.66. The number of hydrogen-bond acceptors (Lipinski definition) is 2. The van der Waals surface area contributed by atoms with Crippen LogP contribution in [0.3, 0.4) is 0 Å². The molecule has 4 fully saturated rings. The van der Waals surface area contributed by atoms with E-state index in [-0.39, 0.29) is 5.92 Å². The molecule has 26 heavy (non-hydrogen) atoms. The van der Waals surface area contributed by atoms with Crippen LogP contribution in [-0.2, 0) is 9.59 Å². The highest BCUT2D eigenvalue weighted by molar-refractivity contribution is 5.85. The van der Waals surface area contributed by atoms with Crippen molar-refractivity contribution in [2.24, 2.45) is 46.3 Å². The fourth-order valence-electron chi connectivity index (χ4n) is 8.38. The van der Waals surface area contributed by atoms with Crippen molar-refractivity contribution < 1.29 is 14.7 Å². The van der Waals surface area contributed by atoms with E-state index in [0.29, 0.717) is 48.2 Å². The van der Waals surface area contributed by atoms with Gasteiger partial charge in [-0.15, -0.1) is 0 Å². The van der Waals surface area contributed by atoms with Crippen molar-refractivity contribution >= 4 is 11.8 Å². The van der Waals surface area contributed by atoms with E-state index in [1.165, 1.54) is 25.7 Å². The van der Waals surface area contributed by atoms with Crippen LogP contribution in [0.5, 0.6) is 0 Å². The van der Waals surface area contributed by atoms with Crippen molar-refractivity contribution in [3.63, 3.8) is 0 Å². The maximum Gasteiger partial charge on any atom is 0.310 e. The van der Waals surface area contributed by atoms with Gasteiger partial charge < -0.3 is 5.11 Å². The smallest absolute Gasteiger partial charge is 0.310 e. The van der Waals surface area contributed by atoms with Crippen LogP contribution in [0.1, 0.15) is 85.0 Å². The van der Waals surface area contributed by atoms with Crippen molar-refractivity contribution in [3.05, 3.63) is 0 Å². The molecule has 0 heterocycles. The van der Waals surface area contributed by atoms with Crippen molar-refractivity contribution in [3.8, 4) is 0 Å². The number of carbonyl (C=O) groups is 2. The molecule has 0 aromatic heterocycles. The second-order valence-electron chi connectivity index (χ2n) is 10.4. The van der Waals surface area contributed by atoms with Crippen LogP contribution < -0.4 is 0 Å². The van der Waals surface area contributed by atoms with E-state index < -0.39 is 11.4 Å². The number of Topliss-reactive ketones (excluding diaryl/α,β-unsaturated/α-hetero) is 1. The molecule has 0 amide bonds. The third-order valence-electron chi connectivity index (χ3n) is 9.77. The molecule has 1 N–H and O–H groups in total. The zero-order valence-electron chi connectivity index (χ0n) is 16.8. The van der Waals surface area contributed by atoms with Gasteiger partial charge in [-0.25, -0.2) is 0 Å². The molecule has 0 aromatic carbocycles. The van der Waals surface area contributed by atoms with Gasteiger partial charge in [-0.1, -0.05) is 27.2 Å². The van der Waals surface area contributed by atoms with E-state index in [2.05, 4.69) is 20.8 Å². The van der Waals surface area contributed by atoms with E-state index >= 15 is 0 Å². The number of ketones is 1. The number of carboxylic acid groups (broad SMARTS) is 1. The zero-order valence-corrected chi connectivity index (χ0v) is 16.8. The molecule has 4 aliphatic carbocycles. The number of carboxylic acids is 1. The van der Waals surface area contributed by atoms with Gasteiger partial charge in [0, 0.05) is 12.8 Å². The second-order valence-corrected chi connectivity index (χ2v) is 10.4. The van der Waals surface area contributed by atoms with Crippen molar-refractivity contribution in [2.45, 2.75) is 85.0 Å². The van der Waals surface area contributed by atoms with Crippen LogP contribution in [0, 0.1) is 46.3 Å². The Kier molecular flexibility index (Phi) is 4.51. The SMILES string of the molecule is CC[C@@H](C)[C@H]1CC[C@H]2[C@@H]3CCC4CC(=O)CC[C@]4(C(=O)O)[C@H]3CC[C@]12C. The fraction of sp³-hybridized carbons (Fsp3) is 0.913. The Morgan fingerprint density at radius 3 is 2.62 bits per heavy atom. The normalized spacial score (nSPS) is 49.0. The van der Waals surface area contributed by atoms with Gasteiger partial charge in [0.1, 0.15) is 5.78 Å². The summed E-state index contributed by atoms with van der Waals surface area (Å²) in [6.07, 6.45) is 9.88. The summed E-state index contributed by atoms with van der Waals surface area (Å²) in [5.41, 5.74) is -0.194. The van der Waals surface area contributed by atoms with Gasteiger partial charge in [-0.2, -0.15) is 0 Å². The Morgan fingerprint density at radius 2 is 1.92 bits per heavy atom. The molecule has 0 saturated heterocycles. The maximum absolute atomic E-state index is 12.6. The summed E-state index contributed by atoms with van der Waals surface area (Å²) in [4.78, 5) is 24.6. The standard InChI is InChI=1S/C23H36O3/c1-4-14(2)18-7-8-19-17-6-5-15-13-16(24)9-12-23(15,21(25)26)20(17)10-11-22(18,19)3/h14-15,17-20H,4-13H2,1-3H3,(H,25,26)/t14-,15?,17+,18-,19+,20+,22-,23-/m1/s1. The maximum atomic E-state index is 12.6. The lowest BCUT2D eigenvalue weighted by Crippen LogP contribution is -2.58. The second kappa shape index (κ2) is 6.34. The topological polar surface area (TPSA) is 54.4 Å². The van der Waals surface area contributed by atoms with Gasteiger partial charge in [0.2, 0.25) is 0 Å². The van der Waals surface area contributed by atoms with E-state index in [1.807, 2.05) is 0 Å². The van der Waals surface area contributed by atoms with Crippen molar-refractivity contribution in [2.75, 3.05) is 0 Å². The fourth-order valence-corrected chi connectivity index (χ4v) is 8.38. The lowest BCUT2D eigenvalue weighted by molar-refractivity contribution is -0.180. The molecule has 0 spiro atoms. The molecular weight excluding hydrogens is 324 g/mol. The molecule has 0 bridgehead atoms. The number of rotatable bonds is 3. The molecule has 3 nitrogen and oxygen atoms in total. The monoisotopic (exact) mass is 360 g/mol. The summed E-state index contributed by atoms with van der Waals surface area (Å²) in [5, 5.41) is 10.3. The first-order valence-corrected chi connectivity index (χ1v) is 11.1. The quantitative estimate of drug-likeness (QED) is 0.740. The zero-order chi connectivity index (χ0) is 18.7. The van der Waals surface area contributed by atoms with Crippen molar-refractivity contribution in [1.82, 2.24) is 0 Å². The van der Waals surface area contributed by atoms with E-state index in [4.69, 9.17) is 0 Å². The molecule has 8 atom stereocenters. The third-order valence-corrected chi connectivity index (χ3v) is 9.77. The van der Waals surface area contributed by atoms with Gasteiger partial charge in [0.15, 0.2) is 0 Å². The largest absolute Gasteiger partial charge is 0.481 e. The summed E-state index contributed by atoms with van der Waals surface area (Å²) in [6, 6.07) is 0. The minimum absolute atomic E-state index is 0.0959. The molecule has 4 saturated carbocycles. The van der Waals surface area contributed by atoms with Crippen LogP contribution in [0.25, 0.3) is 0 Å². The van der Waals surface area contributed by atoms with Gasteiger partial charge >= 0.3 is 5.97 Å². The molecule has 4 aliphatic rings. The third kappa shape index (κ3) is 2.37. The highest BCUT2D eigenvalue weighted by Gasteiger charge is 2.64. The van der Waals surface area contributed by atoms with Crippen LogP contribution in [0.4, 0.5) is 0 Å². The average Bonchev–Trinajstić information content (AvgIpc) is 2.97. The number of carbonyl (C=O) groups excluding carboxylic acids is 1. The number of fused-ring (bicyclic) bond motifs is 5. The predicted molar refractivity (Wildman–Crippen MR) is 102 cm³/mol. The molecule has 0 aromatic rings. The first-order valence-electron chi connectivity index (χ1n) is 11.1. The highest BCUT2D eigenvalue weighted by Crippen LogP contribution is 2.68. The van der Waals surface area contributed by atoms with Crippen LogP contribution >= 0.6 is 0 Å². The first kappa shape index (κ1) is 18.5. The molecular formula is C23H36O3. The van der Waals surface area contributed by atoms with Crippen LogP contribution in [0.2, 0.25) is 0 Å². The van der Waals surface area contributed by atoms with E-state index in [1.54, 1.807) is 0 Å². The highest BCUT2D eigenvalue weighted by atomic mass is 16.4. The Hall–Kier alpha value is -0.860. The van der Waals surface area contributed by atoms with Crippen molar-refractivity contribution in [1.29, 1.82) is 0 Å². The van der Waals surface area contributed by atoms with Gasteiger partial charge in [-0.3, -0.25) is 9.59 Å².